The van der Waals surface area contributed by atoms with E-state index in [1.165, 1.54) is 12.1 Å². The normalized spacial score (nSPS) is 19.5. The molecule has 5 rings (SSSR count). The Bertz CT molecular complexity index is 1350. The van der Waals surface area contributed by atoms with Crippen molar-refractivity contribution in [3.8, 4) is 17.1 Å². The molecule has 8 nitrogen and oxygen atoms in total. The number of fused-ring (bicyclic) bond motifs is 6. The van der Waals surface area contributed by atoms with Gasteiger partial charge in [-0.1, -0.05) is 24.3 Å². The number of nitrogens with one attached hydrogen (secondary N) is 1. The maximum Gasteiger partial charge on any atom is 0.264 e. The molecule has 2 aliphatic heterocycles. The summed E-state index contributed by atoms with van der Waals surface area (Å²) < 4.78 is 35.1. The van der Waals surface area contributed by atoms with Gasteiger partial charge in [0.05, 0.1) is 17.1 Å². The molecule has 34 heavy (non-hydrogen) atoms. The van der Waals surface area contributed by atoms with Crippen LogP contribution in [0.5, 0.6) is 5.88 Å². The summed E-state index contributed by atoms with van der Waals surface area (Å²) in [5.41, 5.74) is 3.82. The number of carbonyl (C=O) groups excluding carboxylic acids is 1. The highest BCUT2D eigenvalue weighted by Gasteiger charge is 2.27. The number of aryl methyl sites for hydroxylation is 2. The van der Waals surface area contributed by atoms with E-state index < -0.39 is 10.0 Å². The molecule has 3 aromatic rings. The average Bonchev–Trinajstić information content (AvgIpc) is 3.03. The Morgan fingerprint density at radius 3 is 2.59 bits per heavy atom. The first-order chi connectivity index (χ1) is 16.3. The van der Waals surface area contributed by atoms with E-state index in [9.17, 15) is 13.2 Å². The molecule has 2 aliphatic rings. The third kappa shape index (κ3) is 4.35. The van der Waals surface area contributed by atoms with Crippen molar-refractivity contribution in [3.63, 3.8) is 0 Å². The molecular weight excluding hydrogens is 452 g/mol. The van der Waals surface area contributed by atoms with Gasteiger partial charge in [0.1, 0.15) is 6.10 Å². The Balaban J connectivity index is 1.68. The lowest BCUT2D eigenvalue weighted by Crippen LogP contribution is -2.38. The summed E-state index contributed by atoms with van der Waals surface area (Å²) in [5.74, 6) is -0.00645. The van der Waals surface area contributed by atoms with E-state index in [4.69, 9.17) is 4.74 Å². The second-order valence-corrected chi connectivity index (χ2v) is 10.5. The van der Waals surface area contributed by atoms with Gasteiger partial charge in [0.15, 0.2) is 0 Å². The van der Waals surface area contributed by atoms with Crippen molar-refractivity contribution in [1.82, 2.24) is 14.9 Å². The van der Waals surface area contributed by atoms with Crippen molar-refractivity contribution in [3.05, 3.63) is 65.2 Å². The maximum absolute atomic E-state index is 13.2. The third-order valence-corrected chi connectivity index (χ3v) is 7.59. The molecule has 0 spiro atoms. The number of hydrogen-bond acceptors (Lipinski definition) is 6. The minimum atomic E-state index is -4.03. The molecule has 0 saturated carbocycles. The number of ether oxygens (including phenoxy) is 1. The van der Waals surface area contributed by atoms with Crippen LogP contribution in [0, 0.1) is 13.8 Å². The van der Waals surface area contributed by atoms with Crippen LogP contribution in [0.1, 0.15) is 40.7 Å². The topological polar surface area (TPSA) is 101 Å². The Kier molecular flexibility index (Phi) is 5.73. The monoisotopic (exact) mass is 478 g/mol. The molecule has 176 valence electrons. The quantitative estimate of drug-likeness (QED) is 0.568. The van der Waals surface area contributed by atoms with Crippen molar-refractivity contribution >= 4 is 21.9 Å². The van der Waals surface area contributed by atoms with E-state index >= 15 is 0 Å². The molecule has 1 fully saturated rings. The first-order valence-corrected chi connectivity index (χ1v) is 12.8. The molecule has 3 heterocycles. The largest absolute Gasteiger partial charge is 0.472 e. The number of carbonyl (C=O) groups is 1. The Labute approximate surface area is 199 Å². The molecule has 1 atom stereocenters. The van der Waals surface area contributed by atoms with E-state index in [0.717, 1.165) is 36.0 Å². The zero-order chi connectivity index (χ0) is 23.9. The number of aromatic nitrogens is 2. The number of anilines is 1. The SMILES string of the molecule is Cc1cccc(C)c1-c1cc2nc(n1)NS(=O)(=O)c1cccc(c1)C(=O)N1CCCC[C@@H](C1)O2. The lowest BCUT2D eigenvalue weighted by Gasteiger charge is -2.25. The van der Waals surface area contributed by atoms with E-state index in [-0.39, 0.29) is 28.7 Å². The lowest BCUT2D eigenvalue weighted by molar-refractivity contribution is 0.0680. The van der Waals surface area contributed by atoms with Gasteiger partial charge < -0.3 is 9.64 Å². The molecule has 0 unspecified atom stereocenters. The molecule has 9 heteroatoms. The average molecular weight is 479 g/mol. The molecule has 1 aromatic heterocycles. The highest BCUT2D eigenvalue weighted by Crippen LogP contribution is 2.30. The summed E-state index contributed by atoms with van der Waals surface area (Å²) in [6, 6.07) is 13.7. The number of nitrogens with zero attached hydrogens (tertiary/aromatic N) is 3. The van der Waals surface area contributed by atoms with Crippen LogP contribution in [0.2, 0.25) is 0 Å². The van der Waals surface area contributed by atoms with Crippen LogP contribution in [0.4, 0.5) is 5.95 Å². The van der Waals surface area contributed by atoms with Crippen LogP contribution in [-0.4, -0.2) is 48.4 Å². The van der Waals surface area contributed by atoms with E-state index in [0.29, 0.717) is 24.3 Å². The Morgan fingerprint density at radius 2 is 1.79 bits per heavy atom. The summed E-state index contributed by atoms with van der Waals surface area (Å²) in [4.78, 5) is 23.9. The van der Waals surface area contributed by atoms with Gasteiger partial charge in [-0.05, 0) is 62.4 Å². The highest BCUT2D eigenvalue weighted by atomic mass is 32.2. The van der Waals surface area contributed by atoms with Crippen molar-refractivity contribution in [1.29, 1.82) is 0 Å². The van der Waals surface area contributed by atoms with Crippen molar-refractivity contribution in [2.45, 2.75) is 44.1 Å². The summed E-state index contributed by atoms with van der Waals surface area (Å²) in [7, 11) is -4.03. The van der Waals surface area contributed by atoms with Gasteiger partial charge >= 0.3 is 0 Å². The third-order valence-electron chi connectivity index (χ3n) is 6.26. The molecular formula is C25H26N4O4S. The number of rotatable bonds is 1. The van der Waals surface area contributed by atoms with E-state index in [1.807, 2.05) is 32.0 Å². The molecule has 2 aromatic carbocycles. The van der Waals surface area contributed by atoms with E-state index in [2.05, 4.69) is 14.7 Å². The standard InChI is InChI=1S/C25H26N4O4S/c1-16-7-5-8-17(2)23(16)21-14-22-27-25(26-21)28-34(31,32)20-11-6-9-18(13-20)24(30)29-12-4-3-10-19(15-29)33-22/h5-9,11,13-14,19H,3-4,10,12,15H2,1-2H3,(H,26,27,28)/t19-/m0/s1. The fourth-order valence-electron chi connectivity index (χ4n) is 4.59. The van der Waals surface area contributed by atoms with Gasteiger partial charge in [-0.3, -0.25) is 4.79 Å². The van der Waals surface area contributed by atoms with Crippen LogP contribution in [0.3, 0.4) is 0 Å². The Hall–Kier alpha value is -3.46. The van der Waals surface area contributed by atoms with Gasteiger partial charge in [0.25, 0.3) is 15.9 Å². The van der Waals surface area contributed by atoms with Crippen molar-refractivity contribution in [2.24, 2.45) is 0 Å². The predicted octanol–water partition coefficient (Wildman–Crippen LogP) is 3.95. The van der Waals surface area contributed by atoms with Gasteiger partial charge in [-0.25, -0.2) is 18.1 Å². The summed E-state index contributed by atoms with van der Waals surface area (Å²) in [6.07, 6.45) is 2.28. The second kappa shape index (κ2) is 8.72. The van der Waals surface area contributed by atoms with Gasteiger partial charge in [0, 0.05) is 23.7 Å². The van der Waals surface area contributed by atoms with Crippen molar-refractivity contribution in [2.75, 3.05) is 17.8 Å². The summed E-state index contributed by atoms with van der Waals surface area (Å²) >= 11 is 0. The molecule has 1 N–H and O–H groups in total. The van der Waals surface area contributed by atoms with Gasteiger partial charge in [0.2, 0.25) is 11.8 Å². The number of amides is 1. The smallest absolute Gasteiger partial charge is 0.264 e. The molecule has 6 bridgehead atoms. The fourth-order valence-corrected chi connectivity index (χ4v) is 5.58. The fraction of sp³-hybridized carbons (Fsp3) is 0.320. The zero-order valence-electron chi connectivity index (χ0n) is 19.1. The number of benzene rings is 2. The van der Waals surface area contributed by atoms with E-state index in [1.54, 1.807) is 23.1 Å². The molecule has 1 amide bonds. The molecule has 1 saturated heterocycles. The first kappa shape index (κ1) is 22.3. The predicted molar refractivity (Wildman–Crippen MR) is 128 cm³/mol. The lowest BCUT2D eigenvalue weighted by atomic mass is 10.00. The van der Waals surface area contributed by atoms with Crippen LogP contribution in [-0.2, 0) is 10.0 Å². The highest BCUT2D eigenvalue weighted by molar-refractivity contribution is 7.92. The molecule has 0 aliphatic carbocycles. The summed E-state index contributed by atoms with van der Waals surface area (Å²) in [6.45, 7) is 4.97. The first-order valence-electron chi connectivity index (χ1n) is 11.3. The van der Waals surface area contributed by atoms with Crippen LogP contribution in [0.25, 0.3) is 11.3 Å². The Morgan fingerprint density at radius 1 is 1.03 bits per heavy atom. The second-order valence-electron chi connectivity index (χ2n) is 8.80. The van der Waals surface area contributed by atoms with Crippen LogP contribution < -0.4 is 9.46 Å². The minimum absolute atomic E-state index is 0.0208. The van der Waals surface area contributed by atoms with Gasteiger partial charge in [-0.15, -0.1) is 0 Å². The van der Waals surface area contributed by atoms with Gasteiger partial charge in [-0.2, -0.15) is 4.98 Å². The zero-order valence-corrected chi connectivity index (χ0v) is 19.9. The molecule has 0 radical (unpaired) electrons. The maximum atomic E-state index is 13.2. The number of sulfonamides is 1. The van der Waals surface area contributed by atoms with Crippen LogP contribution >= 0.6 is 0 Å². The van der Waals surface area contributed by atoms with Crippen molar-refractivity contribution < 1.29 is 17.9 Å². The minimum Gasteiger partial charge on any atom is -0.472 e. The van der Waals surface area contributed by atoms with Crippen LogP contribution in [0.15, 0.2) is 53.4 Å². The summed E-state index contributed by atoms with van der Waals surface area (Å²) in [5, 5.41) is 0. The number of hydrogen-bond donors (Lipinski definition) is 1.